The van der Waals surface area contributed by atoms with Gasteiger partial charge < -0.3 is 4.74 Å². The van der Waals surface area contributed by atoms with Crippen molar-refractivity contribution in [1.29, 1.82) is 0 Å². The van der Waals surface area contributed by atoms with Crippen LogP contribution in [0.5, 0.6) is 5.75 Å². The van der Waals surface area contributed by atoms with E-state index in [4.69, 9.17) is 4.74 Å². The van der Waals surface area contributed by atoms with Gasteiger partial charge in [-0.3, -0.25) is 0 Å². The predicted octanol–water partition coefficient (Wildman–Crippen LogP) is 5.50. The zero-order chi connectivity index (χ0) is 14.8. The lowest BCUT2D eigenvalue weighted by molar-refractivity contribution is 0.252. The first-order valence-electron chi connectivity index (χ1n) is 7.50. The summed E-state index contributed by atoms with van der Waals surface area (Å²) in [7, 11) is 0. The fraction of sp³-hybridized carbons (Fsp3) is 0.0476. The lowest BCUT2D eigenvalue weighted by Gasteiger charge is -2.23. The van der Waals surface area contributed by atoms with E-state index in [2.05, 4.69) is 66.7 Å². The molecule has 0 saturated heterocycles. The summed E-state index contributed by atoms with van der Waals surface area (Å²) in [5.74, 6) is 0.942. The van der Waals surface area contributed by atoms with Crippen LogP contribution in [0.25, 0.3) is 17.2 Å². The van der Waals surface area contributed by atoms with Gasteiger partial charge in [-0.25, -0.2) is 0 Å². The largest absolute Gasteiger partial charge is 0.481 e. The van der Waals surface area contributed by atoms with E-state index < -0.39 is 0 Å². The van der Waals surface area contributed by atoms with E-state index in [-0.39, 0.29) is 6.10 Å². The molecule has 0 spiro atoms. The molecule has 0 fully saturated rings. The summed E-state index contributed by atoms with van der Waals surface area (Å²) in [6, 6.07) is 27.0. The van der Waals surface area contributed by atoms with Crippen molar-refractivity contribution in [2.24, 2.45) is 0 Å². The maximum Gasteiger partial charge on any atom is 0.143 e. The molecule has 22 heavy (non-hydrogen) atoms. The SMILES string of the molecule is C1=CC(c2ccccc2-c2ccccc2)Oc2ccccc21. The average Bonchev–Trinajstić information content (AvgIpc) is 2.62. The number of rotatable bonds is 2. The molecule has 106 valence electrons. The van der Waals surface area contributed by atoms with Crippen LogP contribution in [0.2, 0.25) is 0 Å². The zero-order valence-corrected chi connectivity index (χ0v) is 12.1. The third-order valence-electron chi connectivity index (χ3n) is 3.98. The van der Waals surface area contributed by atoms with Crippen molar-refractivity contribution in [3.8, 4) is 16.9 Å². The van der Waals surface area contributed by atoms with Gasteiger partial charge in [0.15, 0.2) is 0 Å². The Balaban J connectivity index is 1.76. The molecule has 1 aliphatic rings. The van der Waals surface area contributed by atoms with Gasteiger partial charge in [-0.1, -0.05) is 78.9 Å². The Morgan fingerprint density at radius 2 is 1.41 bits per heavy atom. The molecule has 3 aromatic carbocycles. The third kappa shape index (κ3) is 2.31. The molecule has 1 heteroatoms. The van der Waals surface area contributed by atoms with Crippen LogP contribution >= 0.6 is 0 Å². The number of fused-ring (bicyclic) bond motifs is 1. The van der Waals surface area contributed by atoms with Crippen molar-refractivity contribution in [2.45, 2.75) is 6.10 Å². The van der Waals surface area contributed by atoms with E-state index in [1.807, 2.05) is 24.3 Å². The summed E-state index contributed by atoms with van der Waals surface area (Å²) in [4.78, 5) is 0. The van der Waals surface area contributed by atoms with Crippen LogP contribution in [-0.4, -0.2) is 0 Å². The summed E-state index contributed by atoms with van der Waals surface area (Å²) < 4.78 is 6.19. The van der Waals surface area contributed by atoms with Gasteiger partial charge >= 0.3 is 0 Å². The Morgan fingerprint density at radius 3 is 2.32 bits per heavy atom. The van der Waals surface area contributed by atoms with Gasteiger partial charge in [0.25, 0.3) is 0 Å². The first kappa shape index (κ1) is 12.9. The standard InChI is InChI=1S/C21H16O/c1-2-8-16(9-3-1)18-11-5-6-12-19(18)21-15-14-17-10-4-7-13-20(17)22-21/h1-15,21H. The second kappa shape index (κ2) is 5.53. The molecule has 0 radical (unpaired) electrons. The minimum absolute atomic E-state index is 0.0497. The van der Waals surface area contributed by atoms with E-state index in [1.54, 1.807) is 0 Å². The maximum absolute atomic E-state index is 6.19. The highest BCUT2D eigenvalue weighted by Gasteiger charge is 2.19. The number of benzene rings is 3. The summed E-state index contributed by atoms with van der Waals surface area (Å²) >= 11 is 0. The summed E-state index contributed by atoms with van der Waals surface area (Å²) in [6.45, 7) is 0. The van der Waals surface area contributed by atoms with Crippen molar-refractivity contribution in [1.82, 2.24) is 0 Å². The highest BCUT2D eigenvalue weighted by atomic mass is 16.5. The van der Waals surface area contributed by atoms with Gasteiger partial charge in [-0.05, 0) is 23.3 Å². The Morgan fingerprint density at radius 1 is 0.682 bits per heavy atom. The predicted molar refractivity (Wildman–Crippen MR) is 90.7 cm³/mol. The third-order valence-corrected chi connectivity index (χ3v) is 3.98. The molecule has 0 saturated carbocycles. The Labute approximate surface area is 130 Å². The second-order valence-electron chi connectivity index (χ2n) is 5.39. The second-order valence-corrected chi connectivity index (χ2v) is 5.39. The molecule has 0 N–H and O–H groups in total. The molecule has 1 heterocycles. The summed E-state index contributed by atoms with van der Waals surface area (Å²) in [5.41, 5.74) is 4.77. The Kier molecular flexibility index (Phi) is 3.24. The molecule has 0 bridgehead atoms. The molecule has 1 nitrogen and oxygen atoms in total. The lowest BCUT2D eigenvalue weighted by Crippen LogP contribution is -2.09. The van der Waals surface area contributed by atoms with Gasteiger partial charge in [0, 0.05) is 11.1 Å². The highest BCUT2D eigenvalue weighted by Crippen LogP contribution is 2.36. The topological polar surface area (TPSA) is 9.23 Å². The molecular weight excluding hydrogens is 268 g/mol. The Hall–Kier alpha value is -2.80. The first-order chi connectivity index (χ1) is 10.9. The van der Waals surface area contributed by atoms with Crippen LogP contribution < -0.4 is 4.74 Å². The first-order valence-corrected chi connectivity index (χ1v) is 7.50. The molecule has 1 aliphatic heterocycles. The fourth-order valence-corrected chi connectivity index (χ4v) is 2.89. The van der Waals surface area contributed by atoms with E-state index in [0.29, 0.717) is 0 Å². The van der Waals surface area contributed by atoms with E-state index in [1.165, 1.54) is 16.7 Å². The smallest absolute Gasteiger partial charge is 0.143 e. The van der Waals surface area contributed by atoms with Crippen LogP contribution in [0.4, 0.5) is 0 Å². The maximum atomic E-state index is 6.19. The average molecular weight is 284 g/mol. The summed E-state index contributed by atoms with van der Waals surface area (Å²) in [6.07, 6.45) is 4.22. The lowest BCUT2D eigenvalue weighted by atomic mass is 9.94. The Bertz CT molecular complexity index is 818. The molecule has 1 atom stereocenters. The van der Waals surface area contributed by atoms with Crippen molar-refractivity contribution < 1.29 is 4.74 Å². The van der Waals surface area contributed by atoms with E-state index in [0.717, 1.165) is 11.3 Å². The van der Waals surface area contributed by atoms with Crippen LogP contribution in [0.15, 0.2) is 84.9 Å². The van der Waals surface area contributed by atoms with Gasteiger partial charge in [0.1, 0.15) is 11.9 Å². The van der Waals surface area contributed by atoms with Crippen LogP contribution in [0.3, 0.4) is 0 Å². The molecule has 0 aliphatic carbocycles. The number of para-hydroxylation sites is 1. The number of hydrogen-bond acceptors (Lipinski definition) is 1. The summed E-state index contributed by atoms with van der Waals surface area (Å²) in [5, 5.41) is 0. The quantitative estimate of drug-likeness (QED) is 0.603. The number of hydrogen-bond donors (Lipinski definition) is 0. The zero-order valence-electron chi connectivity index (χ0n) is 12.1. The van der Waals surface area contributed by atoms with Crippen molar-refractivity contribution >= 4 is 6.08 Å². The van der Waals surface area contributed by atoms with Crippen molar-refractivity contribution in [3.05, 3.63) is 96.1 Å². The van der Waals surface area contributed by atoms with Crippen molar-refractivity contribution in [3.63, 3.8) is 0 Å². The van der Waals surface area contributed by atoms with Crippen LogP contribution in [0.1, 0.15) is 17.2 Å². The number of ether oxygens (including phenoxy) is 1. The molecule has 4 rings (SSSR count). The molecule has 3 aromatic rings. The van der Waals surface area contributed by atoms with Crippen LogP contribution in [-0.2, 0) is 0 Å². The highest BCUT2D eigenvalue weighted by molar-refractivity contribution is 5.69. The van der Waals surface area contributed by atoms with Gasteiger partial charge in [0.05, 0.1) is 0 Å². The van der Waals surface area contributed by atoms with Gasteiger partial charge in [0.2, 0.25) is 0 Å². The van der Waals surface area contributed by atoms with Gasteiger partial charge in [-0.15, -0.1) is 0 Å². The molecule has 0 amide bonds. The molecule has 1 unspecified atom stereocenters. The molecular formula is C21H16O. The normalized spacial score (nSPS) is 15.9. The minimum atomic E-state index is -0.0497. The monoisotopic (exact) mass is 284 g/mol. The minimum Gasteiger partial charge on any atom is -0.481 e. The van der Waals surface area contributed by atoms with E-state index in [9.17, 15) is 0 Å². The van der Waals surface area contributed by atoms with Gasteiger partial charge in [-0.2, -0.15) is 0 Å². The molecule has 0 aromatic heterocycles. The van der Waals surface area contributed by atoms with E-state index >= 15 is 0 Å². The fourth-order valence-electron chi connectivity index (χ4n) is 2.89. The van der Waals surface area contributed by atoms with Crippen molar-refractivity contribution in [2.75, 3.05) is 0 Å². The van der Waals surface area contributed by atoms with Crippen LogP contribution in [0, 0.1) is 0 Å².